The van der Waals surface area contributed by atoms with E-state index in [1.165, 1.54) is 23.2 Å². The Balaban J connectivity index is 1.26. The van der Waals surface area contributed by atoms with E-state index in [1.54, 1.807) is 0 Å². The Kier molecular flexibility index (Phi) is 6.51. The standard InChI is InChI=1S/C26H29N7/c1-32(25-13-6-9-20-10-7-15-29-26(20)25)18-23-19-33(31-30-23)24-12-3-2-8-21(24)16-27-17-22-11-4-5-14-28-22/h2-5,7-8,10-12,14-15,19,25,27H,6,9,13,16-18H2,1H3. The fourth-order valence-corrected chi connectivity index (χ4v) is 4.58. The lowest BCUT2D eigenvalue weighted by molar-refractivity contribution is 0.206. The van der Waals surface area contributed by atoms with Crippen molar-refractivity contribution in [3.8, 4) is 5.69 Å². The molecular weight excluding hydrogens is 410 g/mol. The van der Waals surface area contributed by atoms with Crippen molar-refractivity contribution < 1.29 is 0 Å². The molecule has 5 rings (SSSR count). The summed E-state index contributed by atoms with van der Waals surface area (Å²) in [4.78, 5) is 11.4. The number of hydrogen-bond acceptors (Lipinski definition) is 6. The first-order valence-corrected chi connectivity index (χ1v) is 11.5. The minimum Gasteiger partial charge on any atom is -0.307 e. The van der Waals surface area contributed by atoms with Gasteiger partial charge in [0.25, 0.3) is 0 Å². The average molecular weight is 440 g/mol. The lowest BCUT2D eigenvalue weighted by Crippen LogP contribution is -2.28. The van der Waals surface area contributed by atoms with Crippen molar-refractivity contribution in [2.24, 2.45) is 0 Å². The van der Waals surface area contributed by atoms with Crippen LogP contribution in [-0.2, 0) is 26.1 Å². The van der Waals surface area contributed by atoms with E-state index in [0.717, 1.165) is 49.6 Å². The van der Waals surface area contributed by atoms with Crippen LogP contribution in [0, 0.1) is 0 Å². The van der Waals surface area contributed by atoms with E-state index in [9.17, 15) is 0 Å². The molecule has 3 heterocycles. The number of pyridine rings is 2. The molecule has 1 aliphatic rings. The number of nitrogens with zero attached hydrogens (tertiary/aromatic N) is 6. The molecule has 0 bridgehead atoms. The van der Waals surface area contributed by atoms with Crippen molar-refractivity contribution in [2.75, 3.05) is 7.05 Å². The highest BCUT2D eigenvalue weighted by Crippen LogP contribution is 2.32. The van der Waals surface area contributed by atoms with Crippen molar-refractivity contribution in [1.29, 1.82) is 0 Å². The predicted molar refractivity (Wildman–Crippen MR) is 128 cm³/mol. The van der Waals surface area contributed by atoms with Crippen LogP contribution in [0.25, 0.3) is 5.69 Å². The van der Waals surface area contributed by atoms with Gasteiger partial charge in [0.05, 0.1) is 35.0 Å². The van der Waals surface area contributed by atoms with Gasteiger partial charge in [-0.05, 0) is 61.7 Å². The summed E-state index contributed by atoms with van der Waals surface area (Å²) in [5.74, 6) is 0. The Labute approximate surface area is 194 Å². The van der Waals surface area contributed by atoms with Gasteiger partial charge in [-0.15, -0.1) is 5.10 Å². The molecule has 0 amide bonds. The van der Waals surface area contributed by atoms with E-state index in [4.69, 9.17) is 0 Å². The SMILES string of the molecule is CN(Cc1cn(-c2ccccc2CNCc2ccccn2)nn1)C1CCCc2cccnc21. The molecule has 1 N–H and O–H groups in total. The van der Waals surface area contributed by atoms with Crippen LogP contribution in [0.1, 0.15) is 47.1 Å². The summed E-state index contributed by atoms with van der Waals surface area (Å²) in [6.45, 7) is 2.19. The third kappa shape index (κ3) is 4.99. The summed E-state index contributed by atoms with van der Waals surface area (Å²) in [6.07, 6.45) is 9.20. The Hall–Kier alpha value is -3.42. The van der Waals surface area contributed by atoms with Gasteiger partial charge in [0.1, 0.15) is 0 Å². The summed E-state index contributed by atoms with van der Waals surface area (Å²) in [5.41, 5.74) is 6.77. The molecule has 7 heteroatoms. The summed E-state index contributed by atoms with van der Waals surface area (Å²) >= 11 is 0. The first-order valence-electron chi connectivity index (χ1n) is 11.5. The number of rotatable bonds is 8. The van der Waals surface area contributed by atoms with Gasteiger partial charge in [-0.25, -0.2) is 4.68 Å². The molecule has 4 aromatic rings. The number of fused-ring (bicyclic) bond motifs is 1. The van der Waals surface area contributed by atoms with E-state index < -0.39 is 0 Å². The maximum Gasteiger partial charge on any atom is 0.0971 e. The molecule has 0 fully saturated rings. The highest BCUT2D eigenvalue weighted by Gasteiger charge is 2.25. The van der Waals surface area contributed by atoms with Gasteiger partial charge in [0, 0.05) is 32.0 Å². The van der Waals surface area contributed by atoms with Gasteiger partial charge in [-0.3, -0.25) is 14.9 Å². The zero-order valence-corrected chi connectivity index (χ0v) is 18.9. The summed E-state index contributed by atoms with van der Waals surface area (Å²) < 4.78 is 1.88. The van der Waals surface area contributed by atoms with Gasteiger partial charge >= 0.3 is 0 Å². The molecule has 0 saturated heterocycles. The molecule has 1 unspecified atom stereocenters. The number of para-hydroxylation sites is 1. The smallest absolute Gasteiger partial charge is 0.0971 e. The predicted octanol–water partition coefficient (Wildman–Crippen LogP) is 3.86. The molecule has 0 spiro atoms. The van der Waals surface area contributed by atoms with Gasteiger partial charge < -0.3 is 5.32 Å². The van der Waals surface area contributed by atoms with Crippen molar-refractivity contribution in [1.82, 2.24) is 35.2 Å². The molecule has 7 nitrogen and oxygen atoms in total. The molecule has 0 saturated carbocycles. The minimum atomic E-state index is 0.322. The third-order valence-corrected chi connectivity index (χ3v) is 6.24. The van der Waals surface area contributed by atoms with Gasteiger partial charge in [0.15, 0.2) is 0 Å². The molecule has 1 aliphatic carbocycles. The lowest BCUT2D eigenvalue weighted by atomic mass is 9.91. The molecule has 3 aromatic heterocycles. The molecule has 33 heavy (non-hydrogen) atoms. The minimum absolute atomic E-state index is 0.322. The highest BCUT2D eigenvalue weighted by atomic mass is 15.4. The number of aromatic nitrogens is 5. The van der Waals surface area contributed by atoms with Crippen LogP contribution in [0.15, 0.2) is 73.2 Å². The largest absolute Gasteiger partial charge is 0.307 e. The van der Waals surface area contributed by atoms with E-state index in [0.29, 0.717) is 6.04 Å². The summed E-state index contributed by atoms with van der Waals surface area (Å²) in [5, 5.41) is 12.4. The normalized spacial score (nSPS) is 15.5. The maximum atomic E-state index is 4.68. The fraction of sp³-hybridized carbons (Fsp3) is 0.308. The molecule has 0 aliphatic heterocycles. The molecule has 1 atom stereocenters. The van der Waals surface area contributed by atoms with E-state index in [-0.39, 0.29) is 0 Å². The van der Waals surface area contributed by atoms with Crippen LogP contribution >= 0.6 is 0 Å². The van der Waals surface area contributed by atoms with E-state index in [2.05, 4.69) is 61.8 Å². The van der Waals surface area contributed by atoms with Crippen molar-refractivity contribution in [3.05, 3.63) is 101 Å². The zero-order chi connectivity index (χ0) is 22.5. The number of nitrogens with one attached hydrogen (secondary N) is 1. The first kappa shape index (κ1) is 21.4. The highest BCUT2D eigenvalue weighted by molar-refractivity contribution is 5.40. The summed E-state index contributed by atoms with van der Waals surface area (Å²) in [7, 11) is 2.16. The van der Waals surface area contributed by atoms with Crippen LogP contribution in [0.5, 0.6) is 0 Å². The second-order valence-electron chi connectivity index (χ2n) is 8.58. The Morgan fingerprint density at radius 1 is 0.970 bits per heavy atom. The van der Waals surface area contributed by atoms with Crippen molar-refractivity contribution in [2.45, 2.75) is 44.9 Å². The van der Waals surface area contributed by atoms with E-state index >= 15 is 0 Å². The topological polar surface area (TPSA) is 71.8 Å². The third-order valence-electron chi connectivity index (χ3n) is 6.24. The second kappa shape index (κ2) is 10.0. The van der Waals surface area contributed by atoms with Gasteiger partial charge in [-0.2, -0.15) is 0 Å². The van der Waals surface area contributed by atoms with Gasteiger partial charge in [0.2, 0.25) is 0 Å². The van der Waals surface area contributed by atoms with Crippen LogP contribution in [-0.4, -0.2) is 36.9 Å². The number of aryl methyl sites for hydroxylation is 1. The quantitative estimate of drug-likeness (QED) is 0.450. The Bertz CT molecular complexity index is 1190. The Morgan fingerprint density at radius 3 is 2.76 bits per heavy atom. The van der Waals surface area contributed by atoms with Crippen molar-refractivity contribution >= 4 is 0 Å². The van der Waals surface area contributed by atoms with Crippen LogP contribution in [0.3, 0.4) is 0 Å². The molecule has 1 aromatic carbocycles. The molecule has 0 radical (unpaired) electrons. The van der Waals surface area contributed by atoms with Crippen LogP contribution in [0.4, 0.5) is 0 Å². The first-order chi connectivity index (χ1) is 16.3. The number of benzene rings is 1. The zero-order valence-electron chi connectivity index (χ0n) is 18.9. The molecule has 168 valence electrons. The van der Waals surface area contributed by atoms with Crippen LogP contribution < -0.4 is 5.32 Å². The van der Waals surface area contributed by atoms with E-state index in [1.807, 2.05) is 53.6 Å². The summed E-state index contributed by atoms with van der Waals surface area (Å²) in [6, 6.07) is 18.8. The van der Waals surface area contributed by atoms with Crippen molar-refractivity contribution in [3.63, 3.8) is 0 Å². The average Bonchev–Trinajstić information content (AvgIpc) is 3.33. The van der Waals surface area contributed by atoms with Gasteiger partial charge in [-0.1, -0.05) is 35.5 Å². The number of hydrogen-bond donors (Lipinski definition) is 1. The Morgan fingerprint density at radius 2 is 1.85 bits per heavy atom. The lowest BCUT2D eigenvalue weighted by Gasteiger charge is -2.31. The second-order valence-corrected chi connectivity index (χ2v) is 8.58. The fourth-order valence-electron chi connectivity index (χ4n) is 4.58. The molecular formula is C26H29N7. The maximum absolute atomic E-state index is 4.68. The van der Waals surface area contributed by atoms with Crippen LogP contribution in [0.2, 0.25) is 0 Å². The monoisotopic (exact) mass is 439 g/mol.